The van der Waals surface area contributed by atoms with Gasteiger partial charge in [-0.3, -0.25) is 9.59 Å². The molecule has 1 aromatic heterocycles. The fraction of sp³-hybridized carbons (Fsp3) is 0.400. The van der Waals surface area contributed by atoms with Crippen LogP contribution in [0.4, 0.5) is 4.39 Å². The minimum absolute atomic E-state index is 0.0627. The highest BCUT2D eigenvalue weighted by Gasteiger charge is 2.51. The molecule has 0 radical (unpaired) electrons. The SMILES string of the molecule is Cc1ccc(C(=O)N2CC[C@]3(CCN(Cc4cccc(F)c4)C3=O)C2)o1. The predicted molar refractivity (Wildman–Crippen MR) is 92.8 cm³/mol. The molecule has 3 heterocycles. The average molecular weight is 356 g/mol. The van der Waals surface area contributed by atoms with Crippen molar-refractivity contribution in [1.82, 2.24) is 9.80 Å². The summed E-state index contributed by atoms with van der Waals surface area (Å²) < 4.78 is 18.8. The van der Waals surface area contributed by atoms with Crippen LogP contribution >= 0.6 is 0 Å². The summed E-state index contributed by atoms with van der Waals surface area (Å²) in [6.07, 6.45) is 1.39. The van der Waals surface area contributed by atoms with Crippen molar-refractivity contribution in [3.8, 4) is 0 Å². The fourth-order valence-corrected chi connectivity index (χ4v) is 4.03. The first kappa shape index (κ1) is 16.8. The molecule has 2 aliphatic heterocycles. The Hall–Kier alpha value is -2.63. The van der Waals surface area contributed by atoms with Gasteiger partial charge in [-0.2, -0.15) is 0 Å². The van der Waals surface area contributed by atoms with Gasteiger partial charge >= 0.3 is 0 Å². The minimum Gasteiger partial charge on any atom is -0.456 e. The first-order valence-corrected chi connectivity index (χ1v) is 8.86. The van der Waals surface area contributed by atoms with Gasteiger partial charge in [0, 0.05) is 26.2 Å². The highest BCUT2D eigenvalue weighted by molar-refractivity contribution is 5.93. The number of carbonyl (C=O) groups is 2. The van der Waals surface area contributed by atoms with Crippen LogP contribution in [-0.4, -0.2) is 41.2 Å². The number of amides is 2. The zero-order valence-corrected chi connectivity index (χ0v) is 14.7. The standard InChI is InChI=1S/C20H21FN2O3/c1-14-5-6-17(26-14)18(24)23-10-8-20(13-23)7-9-22(19(20)25)12-15-3-2-4-16(21)11-15/h2-6,11H,7-10,12-13H2,1H3/t20-/m1/s1. The Labute approximate surface area is 151 Å². The number of furan rings is 1. The topological polar surface area (TPSA) is 53.8 Å². The van der Waals surface area contributed by atoms with Crippen LogP contribution in [0.15, 0.2) is 40.8 Å². The Morgan fingerprint density at radius 1 is 1.23 bits per heavy atom. The zero-order valence-electron chi connectivity index (χ0n) is 14.7. The van der Waals surface area contributed by atoms with Crippen molar-refractivity contribution in [1.29, 1.82) is 0 Å². The van der Waals surface area contributed by atoms with Crippen LogP contribution in [0.25, 0.3) is 0 Å². The van der Waals surface area contributed by atoms with Crippen molar-refractivity contribution in [2.75, 3.05) is 19.6 Å². The van der Waals surface area contributed by atoms with Gasteiger partial charge in [0.15, 0.2) is 5.76 Å². The number of halogens is 1. The summed E-state index contributed by atoms with van der Waals surface area (Å²) in [7, 11) is 0. The summed E-state index contributed by atoms with van der Waals surface area (Å²) in [6, 6.07) is 9.78. The molecule has 2 aliphatic rings. The molecule has 1 atom stereocenters. The molecule has 2 fully saturated rings. The summed E-state index contributed by atoms with van der Waals surface area (Å²) in [5, 5.41) is 0. The van der Waals surface area contributed by atoms with Gasteiger partial charge in [-0.1, -0.05) is 12.1 Å². The molecule has 136 valence electrons. The van der Waals surface area contributed by atoms with E-state index in [9.17, 15) is 14.0 Å². The summed E-state index contributed by atoms with van der Waals surface area (Å²) in [5.41, 5.74) is 0.275. The number of hydrogen-bond acceptors (Lipinski definition) is 3. The first-order valence-electron chi connectivity index (χ1n) is 8.86. The number of nitrogens with zero attached hydrogens (tertiary/aromatic N) is 2. The number of rotatable bonds is 3. The van der Waals surface area contributed by atoms with E-state index in [1.807, 2.05) is 6.07 Å². The second kappa shape index (κ2) is 6.27. The van der Waals surface area contributed by atoms with Crippen LogP contribution in [0.2, 0.25) is 0 Å². The lowest BCUT2D eigenvalue weighted by Crippen LogP contribution is -2.38. The highest BCUT2D eigenvalue weighted by atomic mass is 19.1. The van der Waals surface area contributed by atoms with E-state index in [1.165, 1.54) is 12.1 Å². The van der Waals surface area contributed by atoms with E-state index in [0.717, 1.165) is 12.0 Å². The third kappa shape index (κ3) is 2.89. The summed E-state index contributed by atoms with van der Waals surface area (Å²) in [4.78, 5) is 29.1. The fourth-order valence-electron chi connectivity index (χ4n) is 4.03. The Bertz CT molecular complexity index is 862. The molecular weight excluding hydrogens is 335 g/mol. The van der Waals surface area contributed by atoms with Crippen LogP contribution < -0.4 is 0 Å². The lowest BCUT2D eigenvalue weighted by atomic mass is 9.85. The van der Waals surface area contributed by atoms with Crippen LogP contribution in [0.3, 0.4) is 0 Å². The molecule has 5 nitrogen and oxygen atoms in total. The molecule has 4 rings (SSSR count). The summed E-state index contributed by atoms with van der Waals surface area (Å²) in [6.45, 7) is 3.82. The van der Waals surface area contributed by atoms with Crippen molar-refractivity contribution in [2.45, 2.75) is 26.3 Å². The second-order valence-corrected chi connectivity index (χ2v) is 7.27. The van der Waals surface area contributed by atoms with E-state index in [2.05, 4.69) is 0 Å². The van der Waals surface area contributed by atoms with Crippen molar-refractivity contribution < 1.29 is 18.4 Å². The second-order valence-electron chi connectivity index (χ2n) is 7.27. The van der Waals surface area contributed by atoms with Gasteiger partial charge in [0.2, 0.25) is 5.91 Å². The van der Waals surface area contributed by atoms with Crippen LogP contribution in [0.1, 0.15) is 34.7 Å². The molecule has 2 aromatic rings. The zero-order chi connectivity index (χ0) is 18.3. The Morgan fingerprint density at radius 2 is 2.04 bits per heavy atom. The lowest BCUT2D eigenvalue weighted by molar-refractivity contribution is -0.135. The Kier molecular flexibility index (Phi) is 4.05. The highest BCUT2D eigenvalue weighted by Crippen LogP contribution is 2.41. The quantitative estimate of drug-likeness (QED) is 0.850. The third-order valence-electron chi connectivity index (χ3n) is 5.46. The van der Waals surface area contributed by atoms with E-state index in [4.69, 9.17) is 4.42 Å². The van der Waals surface area contributed by atoms with Crippen LogP contribution in [0.5, 0.6) is 0 Å². The Balaban J connectivity index is 1.45. The molecule has 6 heteroatoms. The maximum atomic E-state index is 13.4. The number of likely N-dealkylation sites (tertiary alicyclic amines) is 2. The monoisotopic (exact) mass is 356 g/mol. The van der Waals surface area contributed by atoms with E-state index >= 15 is 0 Å². The van der Waals surface area contributed by atoms with Gasteiger partial charge < -0.3 is 14.2 Å². The smallest absolute Gasteiger partial charge is 0.289 e. The number of aryl methyl sites for hydroxylation is 1. The molecule has 0 aliphatic carbocycles. The van der Waals surface area contributed by atoms with Crippen LogP contribution in [0, 0.1) is 18.2 Å². The largest absolute Gasteiger partial charge is 0.456 e. The molecular formula is C20H21FN2O3. The van der Waals surface area contributed by atoms with E-state index in [1.54, 1.807) is 34.9 Å². The van der Waals surface area contributed by atoms with Gasteiger partial charge in [-0.25, -0.2) is 4.39 Å². The van der Waals surface area contributed by atoms with E-state index in [0.29, 0.717) is 44.1 Å². The number of benzene rings is 1. The van der Waals surface area contributed by atoms with E-state index in [-0.39, 0.29) is 17.6 Å². The van der Waals surface area contributed by atoms with Gasteiger partial charge in [0.25, 0.3) is 5.91 Å². The molecule has 2 amide bonds. The maximum absolute atomic E-state index is 13.4. The molecule has 0 saturated carbocycles. The molecule has 0 N–H and O–H groups in total. The third-order valence-corrected chi connectivity index (χ3v) is 5.46. The Morgan fingerprint density at radius 3 is 2.77 bits per heavy atom. The molecule has 26 heavy (non-hydrogen) atoms. The summed E-state index contributed by atoms with van der Waals surface area (Å²) in [5.74, 6) is 0.622. The van der Waals surface area contributed by atoms with Crippen molar-refractivity contribution in [3.05, 3.63) is 59.3 Å². The maximum Gasteiger partial charge on any atom is 0.289 e. The number of carbonyl (C=O) groups excluding carboxylic acids is 2. The molecule has 1 aromatic carbocycles. The number of hydrogen-bond donors (Lipinski definition) is 0. The minimum atomic E-state index is -0.509. The van der Waals surface area contributed by atoms with E-state index < -0.39 is 5.41 Å². The first-order chi connectivity index (χ1) is 12.5. The lowest BCUT2D eigenvalue weighted by Gasteiger charge is -2.23. The van der Waals surface area contributed by atoms with Crippen molar-refractivity contribution in [2.24, 2.45) is 5.41 Å². The molecule has 0 unspecified atom stereocenters. The van der Waals surface area contributed by atoms with Gasteiger partial charge in [0.1, 0.15) is 11.6 Å². The van der Waals surface area contributed by atoms with Gasteiger partial charge in [-0.05, 0) is 49.6 Å². The van der Waals surface area contributed by atoms with Gasteiger partial charge in [0.05, 0.1) is 5.41 Å². The average Bonchev–Trinajstić information content (AvgIpc) is 3.31. The predicted octanol–water partition coefficient (Wildman–Crippen LogP) is 2.99. The normalized spacial score (nSPS) is 22.6. The molecule has 1 spiro atoms. The van der Waals surface area contributed by atoms with Crippen molar-refractivity contribution >= 4 is 11.8 Å². The van der Waals surface area contributed by atoms with Crippen LogP contribution in [-0.2, 0) is 11.3 Å². The van der Waals surface area contributed by atoms with Crippen molar-refractivity contribution in [3.63, 3.8) is 0 Å². The van der Waals surface area contributed by atoms with Gasteiger partial charge in [-0.15, -0.1) is 0 Å². The molecule has 0 bridgehead atoms. The summed E-state index contributed by atoms with van der Waals surface area (Å²) >= 11 is 0. The molecule has 2 saturated heterocycles.